The number of hydrogen-bond donors (Lipinski definition) is 1. The molecule has 0 saturated heterocycles. The summed E-state index contributed by atoms with van der Waals surface area (Å²) in [5.41, 5.74) is 3.67. The molecule has 1 heterocycles. The van der Waals surface area contributed by atoms with Gasteiger partial charge in [-0.1, -0.05) is 60.7 Å². The maximum absolute atomic E-state index is 12.9. The number of carbonyl (C=O) groups excluding carboxylic acids is 1. The monoisotopic (exact) mass is 394 g/mol. The van der Waals surface area contributed by atoms with Crippen molar-refractivity contribution in [3.05, 3.63) is 132 Å². The summed E-state index contributed by atoms with van der Waals surface area (Å²) in [5.74, 6) is 0.583. The predicted octanol–water partition coefficient (Wildman–Crippen LogP) is 5.18. The summed E-state index contributed by atoms with van der Waals surface area (Å²) in [7, 11) is 0. The topological polar surface area (TPSA) is 51.2 Å². The Hall–Kier alpha value is -3.92. The standard InChI is InChI=1S/C26H22N2O2/c29-26(23-11-13-24(14-12-23)30-19-20-7-3-1-4-8-20)28-25(21-9-5-2-6-10-21)22-15-17-27-18-16-22/h1-18,25H,19H2,(H,28,29). The van der Waals surface area contributed by atoms with E-state index in [0.29, 0.717) is 12.2 Å². The van der Waals surface area contributed by atoms with Gasteiger partial charge in [0.25, 0.3) is 5.91 Å². The minimum Gasteiger partial charge on any atom is -0.489 e. The summed E-state index contributed by atoms with van der Waals surface area (Å²) in [4.78, 5) is 17.0. The first-order valence-electron chi connectivity index (χ1n) is 9.82. The molecule has 0 aliphatic rings. The Morgan fingerprint density at radius 1 is 0.767 bits per heavy atom. The molecule has 4 aromatic rings. The molecule has 1 amide bonds. The summed E-state index contributed by atoms with van der Waals surface area (Å²) in [5, 5.41) is 3.14. The summed E-state index contributed by atoms with van der Waals surface area (Å²) in [6.45, 7) is 0.491. The number of nitrogens with zero attached hydrogens (tertiary/aromatic N) is 1. The molecule has 1 N–H and O–H groups in total. The fraction of sp³-hybridized carbons (Fsp3) is 0.0769. The zero-order valence-electron chi connectivity index (χ0n) is 16.4. The van der Waals surface area contributed by atoms with Gasteiger partial charge in [-0.05, 0) is 53.1 Å². The van der Waals surface area contributed by atoms with Crippen molar-refractivity contribution in [2.75, 3.05) is 0 Å². The van der Waals surface area contributed by atoms with Gasteiger partial charge in [0, 0.05) is 18.0 Å². The summed E-state index contributed by atoms with van der Waals surface area (Å²) in [6.07, 6.45) is 3.46. The third-order valence-electron chi connectivity index (χ3n) is 4.81. The van der Waals surface area contributed by atoms with E-state index in [1.54, 1.807) is 24.5 Å². The Morgan fingerprint density at radius 3 is 2.03 bits per heavy atom. The molecule has 1 unspecified atom stereocenters. The van der Waals surface area contributed by atoms with Crippen LogP contribution in [0.3, 0.4) is 0 Å². The van der Waals surface area contributed by atoms with Gasteiger partial charge in [0.15, 0.2) is 0 Å². The van der Waals surface area contributed by atoms with Gasteiger partial charge >= 0.3 is 0 Å². The van der Waals surface area contributed by atoms with E-state index in [0.717, 1.165) is 22.4 Å². The van der Waals surface area contributed by atoms with Crippen molar-refractivity contribution in [3.8, 4) is 5.75 Å². The first-order valence-corrected chi connectivity index (χ1v) is 9.82. The van der Waals surface area contributed by atoms with E-state index < -0.39 is 0 Å². The second-order valence-corrected chi connectivity index (χ2v) is 6.90. The van der Waals surface area contributed by atoms with Crippen molar-refractivity contribution < 1.29 is 9.53 Å². The molecule has 4 nitrogen and oxygen atoms in total. The molecule has 0 aliphatic carbocycles. The highest BCUT2D eigenvalue weighted by Crippen LogP contribution is 2.22. The number of nitrogens with one attached hydrogen (secondary N) is 1. The molecule has 1 atom stereocenters. The number of ether oxygens (including phenoxy) is 1. The van der Waals surface area contributed by atoms with Gasteiger partial charge in [-0.15, -0.1) is 0 Å². The van der Waals surface area contributed by atoms with Crippen LogP contribution in [0.4, 0.5) is 0 Å². The molecular formula is C26H22N2O2. The smallest absolute Gasteiger partial charge is 0.252 e. The summed E-state index contributed by atoms with van der Waals surface area (Å²) < 4.78 is 5.81. The maximum Gasteiger partial charge on any atom is 0.252 e. The van der Waals surface area contributed by atoms with Crippen molar-refractivity contribution in [1.82, 2.24) is 10.3 Å². The van der Waals surface area contributed by atoms with Crippen LogP contribution in [0, 0.1) is 0 Å². The first-order chi connectivity index (χ1) is 14.8. The van der Waals surface area contributed by atoms with Gasteiger partial charge in [-0.25, -0.2) is 0 Å². The van der Waals surface area contributed by atoms with Gasteiger partial charge in [0.1, 0.15) is 12.4 Å². The van der Waals surface area contributed by atoms with Crippen molar-refractivity contribution >= 4 is 5.91 Å². The lowest BCUT2D eigenvalue weighted by Crippen LogP contribution is -2.29. The third kappa shape index (κ3) is 4.92. The Labute approximate surface area is 176 Å². The molecule has 4 heteroatoms. The van der Waals surface area contributed by atoms with E-state index in [1.165, 1.54) is 0 Å². The number of pyridine rings is 1. The molecule has 0 bridgehead atoms. The van der Waals surface area contributed by atoms with Crippen LogP contribution in [0.5, 0.6) is 5.75 Å². The zero-order valence-corrected chi connectivity index (χ0v) is 16.4. The quantitative estimate of drug-likeness (QED) is 0.470. The first kappa shape index (κ1) is 19.4. The molecule has 30 heavy (non-hydrogen) atoms. The third-order valence-corrected chi connectivity index (χ3v) is 4.81. The highest BCUT2D eigenvalue weighted by molar-refractivity contribution is 5.94. The minimum absolute atomic E-state index is 0.143. The molecule has 0 radical (unpaired) electrons. The van der Waals surface area contributed by atoms with Crippen molar-refractivity contribution in [3.63, 3.8) is 0 Å². The van der Waals surface area contributed by atoms with Crippen LogP contribution in [0.15, 0.2) is 109 Å². The number of hydrogen-bond acceptors (Lipinski definition) is 3. The average molecular weight is 394 g/mol. The van der Waals surface area contributed by atoms with Crippen LogP contribution in [0.1, 0.15) is 33.1 Å². The van der Waals surface area contributed by atoms with Gasteiger partial charge in [0.2, 0.25) is 0 Å². The van der Waals surface area contributed by atoms with E-state index in [2.05, 4.69) is 10.3 Å². The van der Waals surface area contributed by atoms with Crippen LogP contribution < -0.4 is 10.1 Å². The normalized spacial score (nSPS) is 11.5. The molecule has 0 saturated carbocycles. The Bertz CT molecular complexity index is 1030. The minimum atomic E-state index is -0.254. The Kier molecular flexibility index (Phi) is 6.16. The Balaban J connectivity index is 1.46. The van der Waals surface area contributed by atoms with Crippen molar-refractivity contribution in [1.29, 1.82) is 0 Å². The van der Waals surface area contributed by atoms with Gasteiger partial charge in [-0.2, -0.15) is 0 Å². The zero-order chi connectivity index (χ0) is 20.6. The number of aromatic nitrogens is 1. The van der Waals surface area contributed by atoms with Gasteiger partial charge in [0.05, 0.1) is 6.04 Å². The lowest BCUT2D eigenvalue weighted by atomic mass is 9.99. The summed E-state index contributed by atoms with van der Waals surface area (Å²) >= 11 is 0. The molecule has 0 aliphatic heterocycles. The number of benzene rings is 3. The Morgan fingerprint density at radius 2 is 1.37 bits per heavy atom. The van der Waals surface area contributed by atoms with E-state index in [9.17, 15) is 4.79 Å². The van der Waals surface area contributed by atoms with Crippen molar-refractivity contribution in [2.24, 2.45) is 0 Å². The molecular weight excluding hydrogens is 372 g/mol. The molecule has 0 spiro atoms. The van der Waals surface area contributed by atoms with Crippen LogP contribution in [-0.4, -0.2) is 10.9 Å². The van der Waals surface area contributed by atoms with Crippen LogP contribution in [-0.2, 0) is 6.61 Å². The lowest BCUT2D eigenvalue weighted by Gasteiger charge is -2.20. The molecule has 0 fully saturated rings. The van der Waals surface area contributed by atoms with Gasteiger partial charge in [-0.3, -0.25) is 9.78 Å². The summed E-state index contributed by atoms with van der Waals surface area (Å²) in [6, 6.07) is 30.7. The lowest BCUT2D eigenvalue weighted by molar-refractivity contribution is 0.0943. The highest BCUT2D eigenvalue weighted by Gasteiger charge is 2.17. The largest absolute Gasteiger partial charge is 0.489 e. The molecule has 3 aromatic carbocycles. The molecule has 148 valence electrons. The van der Waals surface area contributed by atoms with E-state index in [1.807, 2.05) is 84.9 Å². The highest BCUT2D eigenvalue weighted by atomic mass is 16.5. The average Bonchev–Trinajstić information content (AvgIpc) is 2.83. The van der Waals surface area contributed by atoms with E-state index >= 15 is 0 Å². The van der Waals surface area contributed by atoms with Crippen molar-refractivity contribution in [2.45, 2.75) is 12.6 Å². The number of amides is 1. The second-order valence-electron chi connectivity index (χ2n) is 6.90. The van der Waals surface area contributed by atoms with E-state index in [-0.39, 0.29) is 11.9 Å². The number of rotatable bonds is 7. The SMILES string of the molecule is O=C(NC(c1ccccc1)c1ccncc1)c1ccc(OCc2ccccc2)cc1. The molecule has 1 aromatic heterocycles. The van der Waals surface area contributed by atoms with Crippen LogP contribution in [0.2, 0.25) is 0 Å². The van der Waals surface area contributed by atoms with E-state index in [4.69, 9.17) is 4.74 Å². The molecule has 4 rings (SSSR count). The number of carbonyl (C=O) groups is 1. The van der Waals surface area contributed by atoms with Crippen LogP contribution >= 0.6 is 0 Å². The fourth-order valence-corrected chi connectivity index (χ4v) is 3.22. The van der Waals surface area contributed by atoms with Crippen LogP contribution in [0.25, 0.3) is 0 Å². The maximum atomic E-state index is 12.9. The van der Waals surface area contributed by atoms with Gasteiger partial charge < -0.3 is 10.1 Å². The second kappa shape index (κ2) is 9.52. The predicted molar refractivity (Wildman–Crippen MR) is 117 cm³/mol. The fourth-order valence-electron chi connectivity index (χ4n) is 3.22.